The molecule has 0 saturated heterocycles. The smallest absolute Gasteiger partial charge is 0.242 e. The van der Waals surface area contributed by atoms with Gasteiger partial charge in [-0.1, -0.05) is 0 Å². The van der Waals surface area contributed by atoms with Crippen LogP contribution in [0.3, 0.4) is 0 Å². The number of carbonyl (C=O) groups excluding carboxylic acids is 1. The second-order valence-electron chi connectivity index (χ2n) is 4.54. The maximum atomic E-state index is 12.0. The number of nitrogens with two attached hydrogens (primary N) is 1. The summed E-state index contributed by atoms with van der Waals surface area (Å²) < 4.78 is 26.3. The summed E-state index contributed by atoms with van der Waals surface area (Å²) in [5.41, 5.74) is 5.39. The number of amides is 1. The standard InChI is InChI=1S/C11H16N4O3S/c1-7(11(16)14-8-2-3-8)15-19(17,18)9-4-5-10(12)13-6-9/h4-8,15H,2-3H2,1H3,(H2,12,13)(H,14,16). The number of hydrogen-bond donors (Lipinski definition) is 3. The quantitative estimate of drug-likeness (QED) is 0.681. The number of nitrogens with one attached hydrogen (secondary N) is 2. The predicted molar refractivity (Wildman–Crippen MR) is 69.6 cm³/mol. The van der Waals surface area contributed by atoms with Crippen LogP contribution in [0.2, 0.25) is 0 Å². The molecule has 19 heavy (non-hydrogen) atoms. The van der Waals surface area contributed by atoms with E-state index in [4.69, 9.17) is 5.73 Å². The first-order valence-corrected chi connectivity index (χ1v) is 7.41. The molecule has 1 aliphatic carbocycles. The summed E-state index contributed by atoms with van der Waals surface area (Å²) in [6, 6.07) is 2.10. The van der Waals surface area contributed by atoms with Crippen LogP contribution < -0.4 is 15.8 Å². The normalized spacial score (nSPS) is 16.9. The van der Waals surface area contributed by atoms with Crippen LogP contribution in [-0.2, 0) is 14.8 Å². The molecule has 1 heterocycles. The Balaban J connectivity index is 2.03. The van der Waals surface area contributed by atoms with Crippen molar-refractivity contribution in [2.45, 2.75) is 36.7 Å². The van der Waals surface area contributed by atoms with Crippen LogP contribution in [0.15, 0.2) is 23.2 Å². The number of hydrogen-bond acceptors (Lipinski definition) is 5. The van der Waals surface area contributed by atoms with Crippen molar-refractivity contribution in [3.05, 3.63) is 18.3 Å². The number of nitrogens with zero attached hydrogens (tertiary/aromatic N) is 1. The fraction of sp³-hybridized carbons (Fsp3) is 0.455. The second-order valence-corrected chi connectivity index (χ2v) is 6.26. The van der Waals surface area contributed by atoms with E-state index in [-0.39, 0.29) is 22.7 Å². The van der Waals surface area contributed by atoms with E-state index in [2.05, 4.69) is 15.0 Å². The lowest BCUT2D eigenvalue weighted by Gasteiger charge is -2.14. The number of sulfonamides is 1. The number of anilines is 1. The lowest BCUT2D eigenvalue weighted by molar-refractivity contribution is -0.122. The lowest BCUT2D eigenvalue weighted by atomic mass is 10.3. The summed E-state index contributed by atoms with van der Waals surface area (Å²) in [6.07, 6.45) is 3.06. The Morgan fingerprint density at radius 3 is 2.68 bits per heavy atom. The van der Waals surface area contributed by atoms with Crippen LogP contribution in [0.1, 0.15) is 19.8 Å². The monoisotopic (exact) mass is 284 g/mol. The highest BCUT2D eigenvalue weighted by atomic mass is 32.2. The van der Waals surface area contributed by atoms with Gasteiger partial charge in [0.25, 0.3) is 0 Å². The van der Waals surface area contributed by atoms with Crippen LogP contribution in [-0.4, -0.2) is 31.4 Å². The molecule has 1 atom stereocenters. The van der Waals surface area contributed by atoms with Gasteiger partial charge in [0.2, 0.25) is 15.9 Å². The number of carbonyl (C=O) groups is 1. The molecule has 0 aliphatic heterocycles. The van der Waals surface area contributed by atoms with Crippen LogP contribution >= 0.6 is 0 Å². The SMILES string of the molecule is CC(NS(=O)(=O)c1ccc(N)nc1)C(=O)NC1CC1. The van der Waals surface area contributed by atoms with E-state index in [0.717, 1.165) is 19.0 Å². The van der Waals surface area contributed by atoms with Gasteiger partial charge in [-0.2, -0.15) is 4.72 Å². The van der Waals surface area contributed by atoms with Crippen LogP contribution in [0, 0.1) is 0 Å². The molecule has 0 aromatic carbocycles. The molecular weight excluding hydrogens is 268 g/mol. The van der Waals surface area contributed by atoms with Crippen molar-refractivity contribution in [2.24, 2.45) is 0 Å². The zero-order chi connectivity index (χ0) is 14.0. The predicted octanol–water partition coefficient (Wildman–Crippen LogP) is -0.391. The average Bonchev–Trinajstić information content (AvgIpc) is 3.12. The summed E-state index contributed by atoms with van der Waals surface area (Å²) in [5, 5.41) is 2.74. The van der Waals surface area contributed by atoms with E-state index in [1.54, 1.807) is 0 Å². The van der Waals surface area contributed by atoms with Crippen LogP contribution in [0.4, 0.5) is 5.82 Å². The molecule has 2 rings (SSSR count). The van der Waals surface area contributed by atoms with Crippen molar-refractivity contribution in [2.75, 3.05) is 5.73 Å². The second kappa shape index (κ2) is 5.14. The lowest BCUT2D eigenvalue weighted by Crippen LogP contribution is -2.45. The Morgan fingerprint density at radius 2 is 2.16 bits per heavy atom. The summed E-state index contributed by atoms with van der Waals surface area (Å²) in [4.78, 5) is 15.4. The maximum Gasteiger partial charge on any atom is 0.242 e. The number of aromatic nitrogens is 1. The van der Waals surface area contributed by atoms with Crippen molar-refractivity contribution in [3.8, 4) is 0 Å². The molecule has 104 valence electrons. The van der Waals surface area contributed by atoms with E-state index in [9.17, 15) is 13.2 Å². The minimum Gasteiger partial charge on any atom is -0.384 e. The van der Waals surface area contributed by atoms with Crippen molar-refractivity contribution < 1.29 is 13.2 Å². The van der Waals surface area contributed by atoms with Gasteiger partial charge in [0.05, 0.1) is 6.04 Å². The summed E-state index contributed by atoms with van der Waals surface area (Å²) in [7, 11) is -3.77. The molecule has 8 heteroatoms. The first kappa shape index (κ1) is 13.8. The van der Waals surface area contributed by atoms with Crippen molar-refractivity contribution in [1.29, 1.82) is 0 Å². The topological polar surface area (TPSA) is 114 Å². The van der Waals surface area contributed by atoms with E-state index >= 15 is 0 Å². The Labute approximate surface area is 111 Å². The minimum atomic E-state index is -3.77. The number of nitrogen functional groups attached to an aromatic ring is 1. The molecule has 4 N–H and O–H groups in total. The molecule has 1 unspecified atom stereocenters. The highest BCUT2D eigenvalue weighted by molar-refractivity contribution is 7.89. The van der Waals surface area contributed by atoms with E-state index in [1.165, 1.54) is 19.1 Å². The van der Waals surface area contributed by atoms with Crippen LogP contribution in [0.25, 0.3) is 0 Å². The first-order valence-electron chi connectivity index (χ1n) is 5.93. The Kier molecular flexibility index (Phi) is 3.72. The average molecular weight is 284 g/mol. The summed E-state index contributed by atoms with van der Waals surface area (Å²) in [5.74, 6) is -0.0899. The van der Waals surface area contributed by atoms with Crippen molar-refractivity contribution in [1.82, 2.24) is 15.0 Å². The van der Waals surface area contributed by atoms with Gasteiger partial charge in [-0.25, -0.2) is 13.4 Å². The van der Waals surface area contributed by atoms with Gasteiger partial charge in [0, 0.05) is 12.2 Å². The molecular formula is C11H16N4O3S. The van der Waals surface area contributed by atoms with Gasteiger partial charge in [-0.15, -0.1) is 0 Å². The van der Waals surface area contributed by atoms with Crippen LogP contribution in [0.5, 0.6) is 0 Å². The molecule has 0 bridgehead atoms. The van der Waals surface area contributed by atoms with Crippen molar-refractivity contribution >= 4 is 21.7 Å². The number of pyridine rings is 1. The fourth-order valence-electron chi connectivity index (χ4n) is 1.46. The molecule has 1 saturated carbocycles. The summed E-state index contributed by atoms with van der Waals surface area (Å²) in [6.45, 7) is 1.50. The van der Waals surface area contributed by atoms with Gasteiger partial charge >= 0.3 is 0 Å². The van der Waals surface area contributed by atoms with E-state index in [0.29, 0.717) is 0 Å². The molecule has 0 spiro atoms. The van der Waals surface area contributed by atoms with Gasteiger partial charge in [0.1, 0.15) is 10.7 Å². The third kappa shape index (κ3) is 3.65. The third-order valence-electron chi connectivity index (χ3n) is 2.72. The van der Waals surface area contributed by atoms with Crippen molar-refractivity contribution in [3.63, 3.8) is 0 Å². The van der Waals surface area contributed by atoms with Gasteiger partial charge < -0.3 is 11.1 Å². The molecule has 1 fully saturated rings. The van der Waals surface area contributed by atoms with Gasteiger partial charge in [-0.05, 0) is 31.9 Å². The first-order chi connectivity index (χ1) is 8.88. The Morgan fingerprint density at radius 1 is 1.47 bits per heavy atom. The van der Waals surface area contributed by atoms with Gasteiger partial charge in [-0.3, -0.25) is 4.79 Å². The minimum absolute atomic E-state index is 0.0206. The fourth-order valence-corrected chi connectivity index (χ4v) is 2.61. The largest absolute Gasteiger partial charge is 0.384 e. The van der Waals surface area contributed by atoms with E-state index < -0.39 is 16.1 Å². The van der Waals surface area contributed by atoms with E-state index in [1.807, 2.05) is 0 Å². The zero-order valence-electron chi connectivity index (χ0n) is 10.5. The zero-order valence-corrected chi connectivity index (χ0v) is 11.3. The maximum absolute atomic E-state index is 12.0. The molecule has 1 amide bonds. The third-order valence-corrected chi connectivity index (χ3v) is 4.24. The molecule has 1 aliphatic rings. The van der Waals surface area contributed by atoms with Gasteiger partial charge in [0.15, 0.2) is 0 Å². The highest BCUT2D eigenvalue weighted by Gasteiger charge is 2.28. The summed E-state index contributed by atoms with van der Waals surface area (Å²) >= 11 is 0. The molecule has 0 radical (unpaired) electrons. The number of rotatable bonds is 5. The molecule has 1 aromatic rings. The Bertz CT molecular complexity index is 566. The Hall–Kier alpha value is -1.67. The highest BCUT2D eigenvalue weighted by Crippen LogP contribution is 2.18. The molecule has 1 aromatic heterocycles. The molecule has 7 nitrogen and oxygen atoms in total.